The Morgan fingerprint density at radius 3 is 1.44 bits per heavy atom. The van der Waals surface area contributed by atoms with Gasteiger partial charge < -0.3 is 0 Å². The summed E-state index contributed by atoms with van der Waals surface area (Å²) in [5, 5.41) is 23.4. The number of benzene rings is 5. The highest BCUT2D eigenvalue weighted by Crippen LogP contribution is 2.36. The number of nitriles is 2. The summed E-state index contributed by atoms with van der Waals surface area (Å²) in [5.41, 5.74) is 8.77. The van der Waals surface area contributed by atoms with Crippen molar-refractivity contribution in [2.75, 3.05) is 0 Å². The number of hydrogen-bond acceptors (Lipinski definition) is 4. The standard InChI is InChI=1S/C42H24N6/c43-25-27-16-19-29(20-17-27)35-11-7-12-36(45-35)30-23-41(47-37-13-4-1-8-31(37)32-9-2-5-14-38(32)47)46-42(24-30)48-39-15-6-3-10-33(39)34-22-28(26-44)18-21-40(34)48/h1-24H. The lowest BCUT2D eigenvalue weighted by Crippen LogP contribution is -2.05. The fourth-order valence-electron chi connectivity index (χ4n) is 6.81. The molecule has 0 aliphatic carbocycles. The Bertz CT molecular complexity index is 2750. The summed E-state index contributed by atoms with van der Waals surface area (Å²) in [5.74, 6) is 1.51. The van der Waals surface area contributed by atoms with Crippen LogP contribution in [0.4, 0.5) is 0 Å². The number of rotatable bonds is 4. The molecular weight excluding hydrogens is 589 g/mol. The summed E-state index contributed by atoms with van der Waals surface area (Å²) < 4.78 is 4.40. The van der Waals surface area contributed by atoms with Crippen molar-refractivity contribution in [1.82, 2.24) is 19.1 Å². The zero-order valence-corrected chi connectivity index (χ0v) is 25.5. The molecule has 6 nitrogen and oxygen atoms in total. The van der Waals surface area contributed by atoms with Gasteiger partial charge in [0.25, 0.3) is 0 Å². The average molecular weight is 613 g/mol. The quantitative estimate of drug-likeness (QED) is 0.198. The van der Waals surface area contributed by atoms with Crippen LogP contribution in [0.15, 0.2) is 146 Å². The molecule has 4 aromatic heterocycles. The Labute approximate surface area is 275 Å². The van der Waals surface area contributed by atoms with Crippen molar-refractivity contribution >= 4 is 43.6 Å². The van der Waals surface area contributed by atoms with E-state index in [0.29, 0.717) is 11.1 Å². The molecule has 0 bridgehead atoms. The first-order valence-electron chi connectivity index (χ1n) is 15.6. The smallest absolute Gasteiger partial charge is 0.140 e. The van der Waals surface area contributed by atoms with E-state index in [9.17, 15) is 10.5 Å². The van der Waals surface area contributed by atoms with E-state index in [1.807, 2.05) is 72.8 Å². The van der Waals surface area contributed by atoms with Crippen LogP contribution in [0.2, 0.25) is 0 Å². The number of pyridine rings is 2. The van der Waals surface area contributed by atoms with Crippen molar-refractivity contribution in [3.63, 3.8) is 0 Å². The molecule has 0 fully saturated rings. The van der Waals surface area contributed by atoms with E-state index in [2.05, 4.69) is 94.1 Å². The lowest BCUT2D eigenvalue weighted by atomic mass is 10.1. The van der Waals surface area contributed by atoms with E-state index < -0.39 is 0 Å². The maximum atomic E-state index is 9.71. The van der Waals surface area contributed by atoms with Crippen molar-refractivity contribution in [2.45, 2.75) is 0 Å². The molecule has 0 aliphatic rings. The second-order valence-electron chi connectivity index (χ2n) is 11.7. The Balaban J connectivity index is 1.35. The highest BCUT2D eigenvalue weighted by atomic mass is 15.1. The minimum atomic E-state index is 0.609. The zero-order chi connectivity index (χ0) is 32.2. The molecule has 222 valence electrons. The maximum absolute atomic E-state index is 9.71. The third kappa shape index (κ3) is 4.25. The third-order valence-corrected chi connectivity index (χ3v) is 8.99. The number of para-hydroxylation sites is 3. The van der Waals surface area contributed by atoms with E-state index in [0.717, 1.165) is 77.8 Å². The summed E-state index contributed by atoms with van der Waals surface area (Å²) >= 11 is 0. The van der Waals surface area contributed by atoms with Gasteiger partial charge in [-0.1, -0.05) is 72.8 Å². The lowest BCUT2D eigenvalue weighted by Gasteiger charge is -2.15. The van der Waals surface area contributed by atoms with Crippen LogP contribution in [0, 0.1) is 22.7 Å². The van der Waals surface area contributed by atoms with E-state index in [-0.39, 0.29) is 0 Å². The molecule has 0 N–H and O–H groups in total. The van der Waals surface area contributed by atoms with Gasteiger partial charge in [0.2, 0.25) is 0 Å². The molecule has 9 rings (SSSR count). The van der Waals surface area contributed by atoms with E-state index in [4.69, 9.17) is 9.97 Å². The van der Waals surface area contributed by atoms with Gasteiger partial charge in [-0.2, -0.15) is 10.5 Å². The van der Waals surface area contributed by atoms with E-state index in [1.165, 1.54) is 0 Å². The molecule has 4 heterocycles. The van der Waals surface area contributed by atoms with Crippen molar-refractivity contribution in [3.05, 3.63) is 157 Å². The highest BCUT2D eigenvalue weighted by molar-refractivity contribution is 6.10. The van der Waals surface area contributed by atoms with Crippen LogP contribution in [0.25, 0.3) is 77.8 Å². The van der Waals surface area contributed by atoms with Gasteiger partial charge in [0.1, 0.15) is 11.6 Å². The van der Waals surface area contributed by atoms with Crippen LogP contribution in [0.1, 0.15) is 11.1 Å². The van der Waals surface area contributed by atoms with Gasteiger partial charge in [-0.05, 0) is 72.8 Å². The maximum Gasteiger partial charge on any atom is 0.140 e. The first-order valence-corrected chi connectivity index (χ1v) is 15.6. The zero-order valence-electron chi connectivity index (χ0n) is 25.5. The van der Waals surface area contributed by atoms with Gasteiger partial charge in [-0.25, -0.2) is 9.97 Å². The average Bonchev–Trinajstić information content (AvgIpc) is 3.67. The minimum absolute atomic E-state index is 0.609. The molecule has 9 aromatic rings. The Morgan fingerprint density at radius 1 is 0.396 bits per heavy atom. The van der Waals surface area contributed by atoms with Crippen molar-refractivity contribution < 1.29 is 0 Å². The Hall–Kier alpha value is -7.02. The predicted molar refractivity (Wildman–Crippen MR) is 191 cm³/mol. The fourth-order valence-corrected chi connectivity index (χ4v) is 6.81. The summed E-state index contributed by atoms with van der Waals surface area (Å²) in [6, 6.07) is 53.1. The van der Waals surface area contributed by atoms with Gasteiger partial charge in [-0.3, -0.25) is 9.13 Å². The van der Waals surface area contributed by atoms with Crippen LogP contribution in [-0.4, -0.2) is 19.1 Å². The van der Waals surface area contributed by atoms with Gasteiger partial charge in [-0.15, -0.1) is 0 Å². The van der Waals surface area contributed by atoms with Crippen LogP contribution in [0.3, 0.4) is 0 Å². The summed E-state index contributed by atoms with van der Waals surface area (Å²) in [6.45, 7) is 0. The summed E-state index contributed by atoms with van der Waals surface area (Å²) in [7, 11) is 0. The molecule has 6 heteroatoms. The Kier molecular flexibility index (Phi) is 6.15. The number of aromatic nitrogens is 4. The monoisotopic (exact) mass is 612 g/mol. The minimum Gasteiger partial charge on any atom is -0.294 e. The Morgan fingerprint density at radius 2 is 0.875 bits per heavy atom. The highest BCUT2D eigenvalue weighted by Gasteiger charge is 2.19. The van der Waals surface area contributed by atoms with E-state index in [1.54, 1.807) is 0 Å². The summed E-state index contributed by atoms with van der Waals surface area (Å²) in [4.78, 5) is 10.5. The van der Waals surface area contributed by atoms with Crippen LogP contribution < -0.4 is 0 Å². The molecule has 0 atom stereocenters. The third-order valence-electron chi connectivity index (χ3n) is 8.99. The normalized spacial score (nSPS) is 11.3. The van der Waals surface area contributed by atoms with Gasteiger partial charge in [0.15, 0.2) is 0 Å². The van der Waals surface area contributed by atoms with E-state index >= 15 is 0 Å². The van der Waals surface area contributed by atoms with Crippen LogP contribution in [0.5, 0.6) is 0 Å². The largest absolute Gasteiger partial charge is 0.294 e. The topological polar surface area (TPSA) is 83.2 Å². The predicted octanol–water partition coefficient (Wildman–Crippen LogP) is 9.75. The first kappa shape index (κ1) is 27.3. The first-order chi connectivity index (χ1) is 23.7. The summed E-state index contributed by atoms with van der Waals surface area (Å²) in [6.07, 6.45) is 0. The van der Waals surface area contributed by atoms with Gasteiger partial charge in [0.05, 0.1) is 56.7 Å². The van der Waals surface area contributed by atoms with Crippen molar-refractivity contribution in [2.24, 2.45) is 0 Å². The molecule has 0 amide bonds. The van der Waals surface area contributed by atoms with Crippen molar-refractivity contribution in [1.29, 1.82) is 10.5 Å². The second-order valence-corrected chi connectivity index (χ2v) is 11.7. The van der Waals surface area contributed by atoms with Gasteiger partial charge >= 0.3 is 0 Å². The van der Waals surface area contributed by atoms with Crippen LogP contribution in [-0.2, 0) is 0 Å². The molecular formula is C42H24N6. The second kappa shape index (κ2) is 10.8. The lowest BCUT2D eigenvalue weighted by molar-refractivity contribution is 1.01. The number of fused-ring (bicyclic) bond motifs is 6. The SMILES string of the molecule is N#Cc1ccc(-c2cccc(-c3cc(-n4c5ccccc5c5ccccc54)nc(-n4c5ccccc5c5cc(C#N)ccc54)c3)n2)cc1. The molecule has 48 heavy (non-hydrogen) atoms. The van der Waals surface area contributed by atoms with Gasteiger partial charge in [0, 0.05) is 32.7 Å². The molecule has 0 saturated heterocycles. The number of nitrogens with zero attached hydrogens (tertiary/aromatic N) is 6. The number of hydrogen-bond donors (Lipinski definition) is 0. The molecule has 5 aromatic carbocycles. The molecule has 0 unspecified atom stereocenters. The molecule has 0 aliphatic heterocycles. The van der Waals surface area contributed by atoms with Crippen LogP contribution >= 0.6 is 0 Å². The fraction of sp³-hybridized carbons (Fsp3) is 0. The molecule has 0 spiro atoms. The molecule has 0 radical (unpaired) electrons. The van der Waals surface area contributed by atoms with Crippen molar-refractivity contribution in [3.8, 4) is 46.3 Å². The molecule has 0 saturated carbocycles.